The zero-order valence-electron chi connectivity index (χ0n) is 21.7. The third-order valence-corrected chi connectivity index (χ3v) is 8.20. The van der Waals surface area contributed by atoms with Crippen molar-refractivity contribution in [3.8, 4) is 28.5 Å². The van der Waals surface area contributed by atoms with E-state index in [1.165, 1.54) is 48.8 Å². The van der Waals surface area contributed by atoms with Crippen LogP contribution in [-0.4, -0.2) is 35.0 Å². The zero-order valence-corrected chi connectivity index (χ0v) is 23.4. The average molecular weight is 597 g/mol. The number of nitrogens with one attached hydrogen (secondary N) is 2. The molecule has 0 radical (unpaired) electrons. The first kappa shape index (κ1) is 28.4. The normalized spacial score (nSPS) is 11.0. The molecule has 3 aromatic carbocycles. The quantitative estimate of drug-likeness (QED) is 0.205. The molecular weight excluding hydrogens is 576 g/mol. The molecule has 12 heteroatoms. The van der Waals surface area contributed by atoms with E-state index in [2.05, 4.69) is 31.1 Å². The fraction of sp³-hybridized carbons (Fsp3) is 0.0333. The molecule has 2 heterocycles. The fourth-order valence-electron chi connectivity index (χ4n) is 3.95. The topological polar surface area (TPSA) is 138 Å². The van der Waals surface area contributed by atoms with Gasteiger partial charge in [-0.1, -0.05) is 54.2 Å². The third kappa shape index (κ3) is 6.77. The van der Waals surface area contributed by atoms with E-state index >= 15 is 0 Å². The first-order valence-corrected chi connectivity index (χ1v) is 14.9. The lowest BCUT2D eigenvalue weighted by molar-refractivity contribution is -0.113. The molecule has 0 saturated heterocycles. The maximum atomic E-state index is 14.1. The average Bonchev–Trinajstić information content (AvgIpc) is 3.00. The van der Waals surface area contributed by atoms with Crippen molar-refractivity contribution in [2.45, 2.75) is 9.92 Å². The molecule has 0 atom stereocenters. The number of thioether (sulfide) groups is 1. The monoisotopic (exact) mass is 596 g/mol. The molecule has 5 rings (SSSR count). The van der Waals surface area contributed by atoms with Crippen molar-refractivity contribution in [1.82, 2.24) is 15.0 Å². The molecule has 0 bridgehead atoms. The van der Waals surface area contributed by atoms with Crippen LogP contribution in [0.1, 0.15) is 5.56 Å². The number of hydrogen-bond donors (Lipinski definition) is 2. The minimum atomic E-state index is -3.92. The van der Waals surface area contributed by atoms with Crippen LogP contribution < -0.4 is 10.0 Å². The predicted octanol–water partition coefficient (Wildman–Crippen LogP) is 5.75. The molecule has 0 aliphatic rings. The number of hydrogen-bond acceptors (Lipinski definition) is 8. The fourth-order valence-corrected chi connectivity index (χ4v) is 5.71. The number of pyridine rings is 1. The van der Waals surface area contributed by atoms with E-state index < -0.39 is 21.7 Å². The van der Waals surface area contributed by atoms with Crippen LogP contribution >= 0.6 is 11.8 Å². The molecule has 42 heavy (non-hydrogen) atoms. The minimum absolute atomic E-state index is 0.0344. The molecule has 0 fully saturated rings. The number of aromatic nitrogens is 3. The van der Waals surface area contributed by atoms with Gasteiger partial charge in [0.1, 0.15) is 16.9 Å². The Labute approximate surface area is 245 Å². The summed E-state index contributed by atoms with van der Waals surface area (Å²) >= 11 is 1.07. The number of anilines is 2. The van der Waals surface area contributed by atoms with Crippen molar-refractivity contribution >= 4 is 39.3 Å². The zero-order chi connectivity index (χ0) is 29.5. The number of benzene rings is 3. The number of sulfonamides is 1. The van der Waals surface area contributed by atoms with Crippen LogP contribution in [0.5, 0.6) is 0 Å². The molecule has 0 aliphatic heterocycles. The Morgan fingerprint density at radius 1 is 0.905 bits per heavy atom. The molecule has 0 unspecified atom stereocenters. The maximum absolute atomic E-state index is 14.1. The van der Waals surface area contributed by atoms with Crippen LogP contribution in [0.2, 0.25) is 0 Å². The number of rotatable bonds is 9. The molecule has 9 nitrogen and oxygen atoms in total. The number of carbonyl (C=O) groups excluding carboxylic acids is 1. The van der Waals surface area contributed by atoms with Crippen molar-refractivity contribution in [3.05, 3.63) is 115 Å². The smallest absolute Gasteiger partial charge is 0.264 e. The van der Waals surface area contributed by atoms with Crippen LogP contribution in [0.3, 0.4) is 0 Å². The standard InChI is InChI=1S/C30H21FN6O3S2/c31-22-9-4-8-21(16-22)25-17-27(20-6-2-1-3-7-20)36-29(26(25)18-32)41-19-28(38)35-23-10-12-24(13-11-23)42(39,40)37-30-33-14-5-15-34-30/h1-17H,19H2,(H,35,38)(H,33,34,37). The van der Waals surface area contributed by atoms with Gasteiger partial charge in [0.05, 0.1) is 21.9 Å². The van der Waals surface area contributed by atoms with Gasteiger partial charge in [0.2, 0.25) is 11.9 Å². The highest BCUT2D eigenvalue weighted by atomic mass is 32.2. The van der Waals surface area contributed by atoms with Crippen LogP contribution in [0.25, 0.3) is 22.4 Å². The molecule has 0 aliphatic carbocycles. The number of amides is 1. The highest BCUT2D eigenvalue weighted by molar-refractivity contribution is 8.00. The summed E-state index contributed by atoms with van der Waals surface area (Å²) in [5.74, 6) is -0.982. The van der Waals surface area contributed by atoms with E-state index in [9.17, 15) is 22.9 Å². The summed E-state index contributed by atoms with van der Waals surface area (Å²) in [6.07, 6.45) is 2.83. The Hall–Kier alpha value is -5.12. The Morgan fingerprint density at radius 2 is 1.62 bits per heavy atom. The highest BCUT2D eigenvalue weighted by Crippen LogP contribution is 2.34. The lowest BCUT2D eigenvalue weighted by Crippen LogP contribution is -2.16. The first-order valence-electron chi connectivity index (χ1n) is 12.4. The summed E-state index contributed by atoms with van der Waals surface area (Å²) in [6.45, 7) is 0. The van der Waals surface area contributed by atoms with Gasteiger partial charge >= 0.3 is 0 Å². The van der Waals surface area contributed by atoms with Gasteiger partial charge in [-0.15, -0.1) is 0 Å². The van der Waals surface area contributed by atoms with Gasteiger partial charge in [-0.3, -0.25) is 4.79 Å². The number of carbonyl (C=O) groups is 1. The van der Waals surface area contributed by atoms with Crippen molar-refractivity contribution in [2.24, 2.45) is 0 Å². The van der Waals surface area contributed by atoms with Crippen molar-refractivity contribution in [2.75, 3.05) is 15.8 Å². The lowest BCUT2D eigenvalue weighted by Gasteiger charge is -2.13. The largest absolute Gasteiger partial charge is 0.325 e. The molecule has 1 amide bonds. The van der Waals surface area contributed by atoms with Crippen molar-refractivity contribution in [1.29, 1.82) is 5.26 Å². The molecular formula is C30H21FN6O3S2. The van der Waals surface area contributed by atoms with Gasteiger partial charge in [-0.2, -0.15) is 5.26 Å². The third-order valence-electron chi connectivity index (χ3n) is 5.88. The number of nitrogens with zero attached hydrogens (tertiary/aromatic N) is 4. The second-order valence-electron chi connectivity index (χ2n) is 8.76. The lowest BCUT2D eigenvalue weighted by atomic mass is 9.99. The van der Waals surface area contributed by atoms with E-state index in [-0.39, 0.29) is 22.2 Å². The van der Waals surface area contributed by atoms with Crippen LogP contribution in [-0.2, 0) is 14.8 Å². The molecule has 2 aromatic heterocycles. The predicted molar refractivity (Wildman–Crippen MR) is 158 cm³/mol. The van der Waals surface area contributed by atoms with Crippen molar-refractivity contribution in [3.63, 3.8) is 0 Å². The molecule has 208 valence electrons. The maximum Gasteiger partial charge on any atom is 0.264 e. The van der Waals surface area contributed by atoms with Crippen molar-refractivity contribution < 1.29 is 17.6 Å². The second kappa shape index (κ2) is 12.6. The van der Waals surface area contributed by atoms with Gasteiger partial charge < -0.3 is 5.32 Å². The summed E-state index contributed by atoms with van der Waals surface area (Å²) in [4.78, 5) is 25.1. The second-order valence-corrected chi connectivity index (χ2v) is 11.4. The van der Waals surface area contributed by atoms with E-state index in [4.69, 9.17) is 0 Å². The van der Waals surface area contributed by atoms with Crippen LogP contribution in [0.4, 0.5) is 16.0 Å². The Kier molecular flexibility index (Phi) is 8.52. The first-order chi connectivity index (χ1) is 20.3. The van der Waals surface area contributed by atoms with Crippen LogP contribution in [0, 0.1) is 17.1 Å². The number of nitriles is 1. The molecule has 0 saturated carbocycles. The molecule has 2 N–H and O–H groups in total. The SMILES string of the molecule is N#Cc1c(-c2cccc(F)c2)cc(-c2ccccc2)nc1SCC(=O)Nc1ccc(S(=O)(=O)Nc2ncccn2)cc1. The van der Waals surface area contributed by atoms with Gasteiger partial charge in [0, 0.05) is 29.2 Å². The van der Waals surface area contributed by atoms with E-state index in [1.807, 2.05) is 30.3 Å². The minimum Gasteiger partial charge on any atom is -0.325 e. The summed E-state index contributed by atoms with van der Waals surface area (Å²) in [5, 5.41) is 13.1. The van der Waals surface area contributed by atoms with E-state index in [1.54, 1.807) is 24.3 Å². The summed E-state index contributed by atoms with van der Waals surface area (Å²) in [7, 11) is -3.92. The summed E-state index contributed by atoms with van der Waals surface area (Å²) in [5.41, 5.74) is 2.99. The Morgan fingerprint density at radius 3 is 2.31 bits per heavy atom. The van der Waals surface area contributed by atoms with Gasteiger partial charge in [-0.25, -0.2) is 32.5 Å². The van der Waals surface area contributed by atoms with E-state index in [0.29, 0.717) is 27.5 Å². The molecule has 5 aromatic rings. The summed E-state index contributed by atoms with van der Waals surface area (Å²) < 4.78 is 41.5. The van der Waals surface area contributed by atoms with Gasteiger partial charge in [0.15, 0.2) is 0 Å². The van der Waals surface area contributed by atoms with E-state index in [0.717, 1.165) is 17.3 Å². The van der Waals surface area contributed by atoms with Gasteiger partial charge in [-0.05, 0) is 54.1 Å². The Bertz CT molecular complexity index is 1880. The highest BCUT2D eigenvalue weighted by Gasteiger charge is 2.18. The number of halogens is 1. The molecule has 0 spiro atoms. The summed E-state index contributed by atoms with van der Waals surface area (Å²) in [6, 6.07) is 26.4. The van der Waals surface area contributed by atoms with Crippen LogP contribution in [0.15, 0.2) is 113 Å². The van der Waals surface area contributed by atoms with Gasteiger partial charge in [0.25, 0.3) is 10.0 Å². The Balaban J connectivity index is 1.34.